The molecule has 1 amide bonds. The Labute approximate surface area is 117 Å². The van der Waals surface area contributed by atoms with Gasteiger partial charge in [-0.3, -0.25) is 4.79 Å². The van der Waals surface area contributed by atoms with E-state index < -0.39 is 11.5 Å². The monoisotopic (exact) mass is 274 g/mol. The lowest BCUT2D eigenvalue weighted by atomic mass is 9.98. The summed E-state index contributed by atoms with van der Waals surface area (Å²) in [5.41, 5.74) is 5.95. The largest absolute Gasteiger partial charge is 0.423 e. The third-order valence-electron chi connectivity index (χ3n) is 3.45. The standard InChI is InChI=1S/C15H18N2O3/c1-2-13(18)20-12-7-5-11(6-8-12)17-14(19)15(16)9-3-4-10-15/h2,5-8H,1,3-4,9-10,16H2,(H,17,19). The molecule has 5 nitrogen and oxygen atoms in total. The zero-order valence-electron chi connectivity index (χ0n) is 11.2. The van der Waals surface area contributed by atoms with Gasteiger partial charge in [0.15, 0.2) is 0 Å². The maximum atomic E-state index is 12.1. The van der Waals surface area contributed by atoms with Crippen molar-refractivity contribution in [3.63, 3.8) is 0 Å². The van der Waals surface area contributed by atoms with E-state index in [1.54, 1.807) is 24.3 Å². The molecule has 0 spiro atoms. The van der Waals surface area contributed by atoms with Crippen LogP contribution in [0.1, 0.15) is 25.7 Å². The second-order valence-electron chi connectivity index (χ2n) is 4.97. The van der Waals surface area contributed by atoms with E-state index in [0.29, 0.717) is 24.3 Å². The van der Waals surface area contributed by atoms with Gasteiger partial charge in [0.25, 0.3) is 0 Å². The Hall–Kier alpha value is -2.14. The fourth-order valence-corrected chi connectivity index (χ4v) is 2.25. The molecule has 20 heavy (non-hydrogen) atoms. The number of ether oxygens (including phenoxy) is 1. The van der Waals surface area contributed by atoms with Crippen molar-refractivity contribution < 1.29 is 14.3 Å². The number of benzene rings is 1. The molecule has 2 rings (SSSR count). The normalized spacial score (nSPS) is 16.4. The maximum Gasteiger partial charge on any atom is 0.335 e. The van der Waals surface area contributed by atoms with E-state index in [2.05, 4.69) is 11.9 Å². The topological polar surface area (TPSA) is 81.4 Å². The lowest BCUT2D eigenvalue weighted by Crippen LogP contribution is -2.48. The number of carbonyl (C=O) groups is 2. The molecule has 5 heteroatoms. The van der Waals surface area contributed by atoms with Crippen molar-refractivity contribution in [1.29, 1.82) is 0 Å². The van der Waals surface area contributed by atoms with Crippen molar-refractivity contribution in [2.24, 2.45) is 5.73 Å². The van der Waals surface area contributed by atoms with Crippen LogP contribution in [-0.2, 0) is 9.59 Å². The molecular formula is C15H18N2O3. The Morgan fingerprint density at radius 3 is 2.40 bits per heavy atom. The number of carbonyl (C=O) groups excluding carboxylic acids is 2. The maximum absolute atomic E-state index is 12.1. The summed E-state index contributed by atoms with van der Waals surface area (Å²) in [5.74, 6) is -0.282. The van der Waals surface area contributed by atoms with Gasteiger partial charge in [-0.05, 0) is 37.1 Å². The summed E-state index contributed by atoms with van der Waals surface area (Å²) in [6, 6.07) is 6.55. The van der Waals surface area contributed by atoms with E-state index in [1.165, 1.54) is 0 Å². The van der Waals surface area contributed by atoms with E-state index in [9.17, 15) is 9.59 Å². The van der Waals surface area contributed by atoms with Crippen LogP contribution in [0.5, 0.6) is 5.75 Å². The molecule has 0 aromatic heterocycles. The number of nitrogens with one attached hydrogen (secondary N) is 1. The predicted octanol–water partition coefficient (Wildman–Crippen LogP) is 1.99. The number of hydrogen-bond donors (Lipinski definition) is 2. The van der Waals surface area contributed by atoms with Crippen LogP contribution < -0.4 is 15.8 Å². The molecule has 1 aliphatic rings. The van der Waals surface area contributed by atoms with Crippen molar-refractivity contribution in [2.45, 2.75) is 31.2 Å². The molecule has 106 valence electrons. The molecular weight excluding hydrogens is 256 g/mol. The summed E-state index contributed by atoms with van der Waals surface area (Å²) in [5, 5.41) is 2.79. The average Bonchev–Trinajstić information content (AvgIpc) is 2.89. The van der Waals surface area contributed by atoms with Crippen LogP contribution in [0.15, 0.2) is 36.9 Å². The van der Waals surface area contributed by atoms with Crippen LogP contribution >= 0.6 is 0 Å². The molecule has 0 bridgehead atoms. The van der Waals surface area contributed by atoms with Crippen LogP contribution in [0, 0.1) is 0 Å². The molecule has 0 radical (unpaired) electrons. The van der Waals surface area contributed by atoms with Gasteiger partial charge in [0.05, 0.1) is 5.54 Å². The van der Waals surface area contributed by atoms with E-state index in [-0.39, 0.29) is 5.91 Å². The third-order valence-corrected chi connectivity index (χ3v) is 3.45. The highest BCUT2D eigenvalue weighted by Crippen LogP contribution is 2.28. The predicted molar refractivity (Wildman–Crippen MR) is 76.3 cm³/mol. The molecule has 0 heterocycles. The average molecular weight is 274 g/mol. The van der Waals surface area contributed by atoms with Gasteiger partial charge in [-0.1, -0.05) is 19.4 Å². The van der Waals surface area contributed by atoms with Crippen LogP contribution in [-0.4, -0.2) is 17.4 Å². The van der Waals surface area contributed by atoms with Crippen LogP contribution in [0.25, 0.3) is 0 Å². The molecule has 1 saturated carbocycles. The Balaban J connectivity index is 1.98. The van der Waals surface area contributed by atoms with Crippen molar-refractivity contribution in [3.05, 3.63) is 36.9 Å². The first-order valence-electron chi connectivity index (χ1n) is 6.58. The highest BCUT2D eigenvalue weighted by Gasteiger charge is 2.36. The first kappa shape index (κ1) is 14.3. The summed E-state index contributed by atoms with van der Waals surface area (Å²) < 4.78 is 4.95. The third kappa shape index (κ3) is 3.24. The minimum Gasteiger partial charge on any atom is -0.423 e. The second-order valence-corrected chi connectivity index (χ2v) is 4.97. The lowest BCUT2D eigenvalue weighted by molar-refractivity contribution is -0.129. The summed E-state index contributed by atoms with van der Waals surface area (Å²) >= 11 is 0. The zero-order valence-corrected chi connectivity index (χ0v) is 11.2. The first-order chi connectivity index (χ1) is 9.53. The Morgan fingerprint density at radius 2 is 1.85 bits per heavy atom. The minimum atomic E-state index is -0.756. The summed E-state index contributed by atoms with van der Waals surface area (Å²) in [6.45, 7) is 3.32. The quantitative estimate of drug-likeness (QED) is 0.500. The molecule has 1 aromatic carbocycles. The second kappa shape index (κ2) is 5.88. The van der Waals surface area contributed by atoms with Gasteiger partial charge in [-0.15, -0.1) is 0 Å². The summed E-state index contributed by atoms with van der Waals surface area (Å²) in [4.78, 5) is 23.1. The van der Waals surface area contributed by atoms with Gasteiger partial charge in [0, 0.05) is 11.8 Å². The van der Waals surface area contributed by atoms with Crippen molar-refractivity contribution >= 4 is 17.6 Å². The Bertz CT molecular complexity index is 516. The molecule has 3 N–H and O–H groups in total. The molecule has 0 atom stereocenters. The van der Waals surface area contributed by atoms with Gasteiger partial charge in [-0.2, -0.15) is 0 Å². The van der Waals surface area contributed by atoms with Gasteiger partial charge in [0.2, 0.25) is 5.91 Å². The van der Waals surface area contributed by atoms with Crippen LogP contribution in [0.3, 0.4) is 0 Å². The molecule has 0 saturated heterocycles. The van der Waals surface area contributed by atoms with Gasteiger partial charge in [0.1, 0.15) is 5.75 Å². The number of amides is 1. The molecule has 0 aliphatic heterocycles. The lowest BCUT2D eigenvalue weighted by Gasteiger charge is -2.22. The van der Waals surface area contributed by atoms with Gasteiger partial charge < -0.3 is 15.8 Å². The number of nitrogens with two attached hydrogens (primary N) is 1. The van der Waals surface area contributed by atoms with Crippen molar-refractivity contribution in [3.8, 4) is 5.75 Å². The molecule has 1 aliphatic carbocycles. The SMILES string of the molecule is C=CC(=O)Oc1ccc(NC(=O)C2(N)CCCC2)cc1. The van der Waals surface area contributed by atoms with Crippen molar-refractivity contribution in [2.75, 3.05) is 5.32 Å². The smallest absolute Gasteiger partial charge is 0.335 e. The van der Waals surface area contributed by atoms with Gasteiger partial charge in [-0.25, -0.2) is 4.79 Å². The minimum absolute atomic E-state index is 0.161. The number of hydrogen-bond acceptors (Lipinski definition) is 4. The fourth-order valence-electron chi connectivity index (χ4n) is 2.25. The molecule has 1 aromatic rings. The van der Waals surface area contributed by atoms with E-state index >= 15 is 0 Å². The summed E-state index contributed by atoms with van der Waals surface area (Å²) in [7, 11) is 0. The van der Waals surface area contributed by atoms with Crippen LogP contribution in [0.2, 0.25) is 0 Å². The van der Waals surface area contributed by atoms with Gasteiger partial charge >= 0.3 is 5.97 Å². The highest BCUT2D eigenvalue weighted by molar-refractivity contribution is 5.98. The Morgan fingerprint density at radius 1 is 1.25 bits per heavy atom. The van der Waals surface area contributed by atoms with Crippen LogP contribution in [0.4, 0.5) is 5.69 Å². The molecule has 1 fully saturated rings. The van der Waals surface area contributed by atoms with E-state index in [1.807, 2.05) is 0 Å². The number of esters is 1. The fraction of sp³-hybridized carbons (Fsp3) is 0.333. The zero-order chi connectivity index (χ0) is 14.6. The number of rotatable bonds is 4. The van der Waals surface area contributed by atoms with Crippen molar-refractivity contribution in [1.82, 2.24) is 0 Å². The molecule has 0 unspecified atom stereocenters. The van der Waals surface area contributed by atoms with E-state index in [0.717, 1.165) is 18.9 Å². The Kier molecular flexibility index (Phi) is 4.20. The number of anilines is 1. The summed E-state index contributed by atoms with van der Waals surface area (Å²) in [6.07, 6.45) is 4.50. The van der Waals surface area contributed by atoms with E-state index in [4.69, 9.17) is 10.5 Å². The highest BCUT2D eigenvalue weighted by atomic mass is 16.5. The first-order valence-corrected chi connectivity index (χ1v) is 6.58.